The van der Waals surface area contributed by atoms with Gasteiger partial charge in [-0.1, -0.05) is 11.6 Å². The molecule has 0 bridgehead atoms. The van der Waals surface area contributed by atoms with Crippen molar-refractivity contribution in [3.8, 4) is 5.75 Å². The molecular weight excluding hydrogens is 252 g/mol. The number of methoxy groups -OCH3 is 1. The van der Waals surface area contributed by atoms with Crippen LogP contribution in [0.1, 0.15) is 11.7 Å². The average molecular weight is 259 g/mol. The van der Waals surface area contributed by atoms with E-state index in [0.29, 0.717) is 0 Å². The van der Waals surface area contributed by atoms with Crippen LogP contribution in [0, 0.1) is 5.82 Å². The van der Waals surface area contributed by atoms with E-state index in [0.717, 1.165) is 19.2 Å². The average Bonchev–Trinajstić information content (AvgIpc) is 2.19. The quantitative estimate of drug-likeness (QED) is 0.826. The zero-order valence-electron chi connectivity index (χ0n) is 7.98. The molecule has 0 aliphatic heterocycles. The third-order valence-corrected chi connectivity index (χ3v) is 2.28. The molecule has 0 aliphatic rings. The van der Waals surface area contributed by atoms with E-state index < -0.39 is 28.7 Å². The Labute approximate surface area is 93.4 Å². The summed E-state index contributed by atoms with van der Waals surface area (Å²) in [6.07, 6.45) is -7.82. The minimum absolute atomic E-state index is 0.323. The Balaban J connectivity index is 3.35. The second-order valence-corrected chi connectivity index (χ2v) is 3.30. The topological polar surface area (TPSA) is 29.5 Å². The van der Waals surface area contributed by atoms with Gasteiger partial charge in [0.2, 0.25) is 0 Å². The molecule has 1 aromatic rings. The molecule has 0 saturated carbocycles. The van der Waals surface area contributed by atoms with Gasteiger partial charge in [-0.3, -0.25) is 0 Å². The van der Waals surface area contributed by atoms with Gasteiger partial charge in [-0.25, -0.2) is 4.39 Å². The molecule has 0 unspecified atom stereocenters. The smallest absolute Gasteiger partial charge is 0.418 e. The molecule has 0 aromatic heterocycles. The maximum atomic E-state index is 13.0. The fourth-order valence-electron chi connectivity index (χ4n) is 1.15. The first-order valence-electron chi connectivity index (χ1n) is 4.05. The number of benzene rings is 1. The molecule has 1 N–H and O–H groups in total. The Bertz CT molecular complexity index is 392. The summed E-state index contributed by atoms with van der Waals surface area (Å²) >= 11 is 5.36. The van der Waals surface area contributed by atoms with Crippen LogP contribution in [-0.4, -0.2) is 18.4 Å². The Hall–Kier alpha value is -1.01. The number of aliphatic hydroxyl groups is 1. The monoisotopic (exact) mass is 258 g/mol. The van der Waals surface area contributed by atoms with E-state index in [1.54, 1.807) is 0 Å². The largest absolute Gasteiger partial charge is 0.496 e. The first-order valence-corrected chi connectivity index (χ1v) is 4.43. The number of rotatable bonds is 2. The summed E-state index contributed by atoms with van der Waals surface area (Å²) in [4.78, 5) is 0. The number of halogens is 5. The van der Waals surface area contributed by atoms with Crippen molar-refractivity contribution < 1.29 is 27.4 Å². The van der Waals surface area contributed by atoms with Gasteiger partial charge in [-0.05, 0) is 12.1 Å². The van der Waals surface area contributed by atoms with Gasteiger partial charge in [0.1, 0.15) is 11.6 Å². The van der Waals surface area contributed by atoms with E-state index in [2.05, 4.69) is 4.74 Å². The third kappa shape index (κ3) is 2.38. The number of aliphatic hydroxyl groups excluding tert-OH is 1. The van der Waals surface area contributed by atoms with Crippen LogP contribution >= 0.6 is 11.6 Å². The first kappa shape index (κ1) is 13.1. The highest BCUT2D eigenvalue weighted by atomic mass is 35.5. The Morgan fingerprint density at radius 1 is 1.38 bits per heavy atom. The molecule has 0 spiro atoms. The van der Waals surface area contributed by atoms with Crippen LogP contribution in [-0.2, 0) is 0 Å². The molecule has 1 aromatic carbocycles. The van der Waals surface area contributed by atoms with E-state index in [1.165, 1.54) is 0 Å². The summed E-state index contributed by atoms with van der Waals surface area (Å²) in [6.45, 7) is 0. The lowest BCUT2D eigenvalue weighted by Crippen LogP contribution is -2.21. The normalized spacial score (nSPS) is 13.7. The van der Waals surface area contributed by atoms with Crippen molar-refractivity contribution in [1.82, 2.24) is 0 Å². The van der Waals surface area contributed by atoms with Crippen molar-refractivity contribution in [2.75, 3.05) is 7.11 Å². The van der Waals surface area contributed by atoms with Gasteiger partial charge in [0.05, 0.1) is 17.7 Å². The molecule has 1 rings (SSSR count). The second kappa shape index (κ2) is 4.47. The summed E-state index contributed by atoms with van der Waals surface area (Å²) in [7, 11) is 1.09. The lowest BCUT2D eigenvalue weighted by atomic mass is 10.1. The maximum Gasteiger partial charge on any atom is 0.418 e. The van der Waals surface area contributed by atoms with Gasteiger partial charge in [-0.2, -0.15) is 13.2 Å². The Morgan fingerprint density at radius 2 is 1.94 bits per heavy atom. The van der Waals surface area contributed by atoms with E-state index in [-0.39, 0.29) is 5.75 Å². The molecule has 0 saturated heterocycles. The highest BCUT2D eigenvalue weighted by Gasteiger charge is 2.42. The molecular formula is C9H7ClF4O2. The van der Waals surface area contributed by atoms with Crippen molar-refractivity contribution >= 4 is 11.6 Å². The van der Waals surface area contributed by atoms with Crippen molar-refractivity contribution in [3.63, 3.8) is 0 Å². The Kier molecular flexibility index (Phi) is 3.64. The van der Waals surface area contributed by atoms with Gasteiger partial charge < -0.3 is 9.84 Å². The minimum Gasteiger partial charge on any atom is -0.496 e. The predicted octanol–water partition coefficient (Wildman–Crippen LogP) is 3.08. The minimum atomic E-state index is -4.94. The second-order valence-electron chi connectivity index (χ2n) is 2.92. The van der Waals surface area contributed by atoms with E-state index >= 15 is 0 Å². The number of alkyl halides is 3. The zero-order valence-corrected chi connectivity index (χ0v) is 8.73. The molecule has 0 fully saturated rings. The lowest BCUT2D eigenvalue weighted by molar-refractivity contribution is -0.207. The van der Waals surface area contributed by atoms with Gasteiger partial charge in [0, 0.05) is 0 Å². The molecule has 7 heteroatoms. The standard InChI is InChI=1S/C9H7ClF4O2/c1-16-5-3-2-4(11)7(10)6(5)8(15)9(12,13)14/h2-3,8,15H,1H3/t8-/m0/s1. The number of hydrogen-bond acceptors (Lipinski definition) is 2. The highest BCUT2D eigenvalue weighted by molar-refractivity contribution is 6.31. The zero-order chi connectivity index (χ0) is 12.5. The van der Waals surface area contributed by atoms with Gasteiger partial charge in [-0.15, -0.1) is 0 Å². The molecule has 0 heterocycles. The summed E-state index contributed by atoms with van der Waals surface area (Å²) in [5, 5.41) is 8.22. The van der Waals surface area contributed by atoms with Crippen LogP contribution in [0.2, 0.25) is 5.02 Å². The summed E-state index contributed by atoms with van der Waals surface area (Å²) < 4.78 is 54.4. The summed E-state index contributed by atoms with van der Waals surface area (Å²) in [6, 6.07) is 1.82. The van der Waals surface area contributed by atoms with Gasteiger partial charge in [0.15, 0.2) is 6.10 Å². The van der Waals surface area contributed by atoms with Crippen molar-refractivity contribution in [1.29, 1.82) is 0 Å². The van der Waals surface area contributed by atoms with E-state index in [4.69, 9.17) is 16.7 Å². The molecule has 1 atom stereocenters. The third-order valence-electron chi connectivity index (χ3n) is 1.90. The van der Waals surface area contributed by atoms with Gasteiger partial charge in [0.25, 0.3) is 0 Å². The predicted molar refractivity (Wildman–Crippen MR) is 49.0 cm³/mol. The van der Waals surface area contributed by atoms with Crippen LogP contribution in [0.3, 0.4) is 0 Å². The fourth-order valence-corrected chi connectivity index (χ4v) is 1.40. The number of hydrogen-bond donors (Lipinski definition) is 1. The first-order chi connectivity index (χ1) is 7.29. The van der Waals surface area contributed by atoms with Crippen molar-refractivity contribution in [3.05, 3.63) is 28.5 Å². The van der Waals surface area contributed by atoms with Crippen LogP contribution in [0.4, 0.5) is 17.6 Å². The summed E-state index contributed by atoms with van der Waals surface area (Å²) in [5.74, 6) is -1.38. The molecule has 0 amide bonds. The van der Waals surface area contributed by atoms with Crippen molar-refractivity contribution in [2.45, 2.75) is 12.3 Å². The van der Waals surface area contributed by atoms with Crippen LogP contribution < -0.4 is 4.74 Å². The summed E-state index contributed by atoms with van der Waals surface area (Å²) in [5.41, 5.74) is -0.823. The van der Waals surface area contributed by atoms with E-state index in [9.17, 15) is 17.6 Å². The molecule has 0 radical (unpaired) electrons. The van der Waals surface area contributed by atoms with Crippen LogP contribution in [0.15, 0.2) is 12.1 Å². The highest BCUT2D eigenvalue weighted by Crippen LogP contribution is 2.41. The van der Waals surface area contributed by atoms with Crippen molar-refractivity contribution in [2.24, 2.45) is 0 Å². The van der Waals surface area contributed by atoms with Crippen LogP contribution in [0.25, 0.3) is 0 Å². The Morgan fingerprint density at radius 3 is 2.38 bits per heavy atom. The van der Waals surface area contributed by atoms with E-state index in [1.807, 2.05) is 0 Å². The molecule has 16 heavy (non-hydrogen) atoms. The number of ether oxygens (including phenoxy) is 1. The maximum absolute atomic E-state index is 13.0. The molecule has 0 aliphatic carbocycles. The lowest BCUT2D eigenvalue weighted by Gasteiger charge is -2.18. The fraction of sp³-hybridized carbons (Fsp3) is 0.333. The van der Waals surface area contributed by atoms with Gasteiger partial charge >= 0.3 is 6.18 Å². The molecule has 90 valence electrons. The molecule has 2 nitrogen and oxygen atoms in total. The SMILES string of the molecule is COc1ccc(F)c(Cl)c1[C@H](O)C(F)(F)F. The van der Waals surface area contributed by atoms with Crippen LogP contribution in [0.5, 0.6) is 5.75 Å².